The largest absolute Gasteiger partial charge is 0.493 e. The van der Waals surface area contributed by atoms with Crippen molar-refractivity contribution >= 4 is 34.6 Å². The second-order valence-corrected chi connectivity index (χ2v) is 9.05. The second-order valence-electron chi connectivity index (χ2n) is 9.05. The minimum absolute atomic E-state index is 0.192. The summed E-state index contributed by atoms with van der Waals surface area (Å²) < 4.78 is 11.0. The van der Waals surface area contributed by atoms with E-state index in [0.29, 0.717) is 34.3 Å². The van der Waals surface area contributed by atoms with Gasteiger partial charge < -0.3 is 9.47 Å². The summed E-state index contributed by atoms with van der Waals surface area (Å²) in [6.45, 7) is 3.67. The van der Waals surface area contributed by atoms with Gasteiger partial charge in [-0.15, -0.1) is 0 Å². The number of ether oxygens (including phenoxy) is 2. The van der Waals surface area contributed by atoms with E-state index in [-0.39, 0.29) is 11.8 Å². The number of hydrazone groups is 2. The molecule has 0 radical (unpaired) electrons. The van der Waals surface area contributed by atoms with Gasteiger partial charge in [0.15, 0.2) is 11.5 Å². The average Bonchev–Trinajstić information content (AvgIpc) is 3.39. The minimum Gasteiger partial charge on any atom is -0.493 e. The standard InChI is InChI=1S/C29H28N4O4/c1-18-25(28(34)32(30-18)21-11-7-5-8-12-21)27(20-15-16-23(36-3)24(17-20)37-4)26-19(2)31-33(29(26)35)22-13-9-6-10-14-22/h5-17,25-27H,1-4H3/t25-,26-/m0/s1. The summed E-state index contributed by atoms with van der Waals surface area (Å²) in [6, 6.07) is 24.1. The lowest BCUT2D eigenvalue weighted by molar-refractivity contribution is -0.122. The van der Waals surface area contributed by atoms with Crippen molar-refractivity contribution in [3.05, 3.63) is 84.4 Å². The van der Waals surface area contributed by atoms with Gasteiger partial charge in [-0.2, -0.15) is 10.2 Å². The van der Waals surface area contributed by atoms with E-state index in [1.165, 1.54) is 10.0 Å². The normalized spacial score (nSPS) is 19.4. The second kappa shape index (κ2) is 9.89. The first kappa shape index (κ1) is 24.2. The highest BCUT2D eigenvalue weighted by molar-refractivity contribution is 6.19. The summed E-state index contributed by atoms with van der Waals surface area (Å²) in [4.78, 5) is 27.8. The van der Waals surface area contributed by atoms with Crippen LogP contribution in [0.15, 0.2) is 89.1 Å². The van der Waals surface area contributed by atoms with Gasteiger partial charge in [-0.1, -0.05) is 42.5 Å². The third kappa shape index (κ3) is 4.24. The maximum Gasteiger partial charge on any atom is 0.256 e. The fraction of sp³-hybridized carbons (Fsp3) is 0.241. The van der Waals surface area contributed by atoms with Crippen molar-refractivity contribution in [1.29, 1.82) is 0 Å². The molecule has 2 aliphatic rings. The first-order chi connectivity index (χ1) is 17.9. The summed E-state index contributed by atoms with van der Waals surface area (Å²) >= 11 is 0. The monoisotopic (exact) mass is 496 g/mol. The number of benzene rings is 3. The molecular weight excluding hydrogens is 468 g/mol. The molecule has 0 unspecified atom stereocenters. The SMILES string of the molecule is COc1ccc(C([C@H]2C(=O)N(c3ccccc3)N=C2C)[C@H]2C(=O)N(c3ccccc3)N=C2C)cc1OC. The van der Waals surface area contributed by atoms with E-state index in [1.807, 2.05) is 86.6 Å². The van der Waals surface area contributed by atoms with Gasteiger partial charge in [0, 0.05) is 17.3 Å². The van der Waals surface area contributed by atoms with E-state index in [1.54, 1.807) is 20.3 Å². The summed E-state index contributed by atoms with van der Waals surface area (Å²) in [7, 11) is 3.13. The van der Waals surface area contributed by atoms with Crippen LogP contribution in [0.2, 0.25) is 0 Å². The van der Waals surface area contributed by atoms with Crippen molar-refractivity contribution in [2.45, 2.75) is 19.8 Å². The van der Waals surface area contributed by atoms with Crippen LogP contribution in [0.4, 0.5) is 11.4 Å². The highest BCUT2D eigenvalue weighted by Crippen LogP contribution is 2.44. The average molecular weight is 497 g/mol. The van der Waals surface area contributed by atoms with Crippen molar-refractivity contribution < 1.29 is 19.1 Å². The van der Waals surface area contributed by atoms with Crippen molar-refractivity contribution in [3.63, 3.8) is 0 Å². The molecule has 0 bridgehead atoms. The molecule has 0 spiro atoms. The number of nitrogens with zero attached hydrogens (tertiary/aromatic N) is 4. The van der Waals surface area contributed by atoms with Crippen LogP contribution in [0.3, 0.4) is 0 Å². The molecule has 3 aromatic rings. The molecule has 2 heterocycles. The Labute approximate surface area is 215 Å². The van der Waals surface area contributed by atoms with Crippen LogP contribution >= 0.6 is 0 Å². The van der Waals surface area contributed by atoms with Gasteiger partial charge >= 0.3 is 0 Å². The fourth-order valence-corrected chi connectivity index (χ4v) is 5.13. The van der Waals surface area contributed by atoms with Crippen LogP contribution in [0, 0.1) is 11.8 Å². The topological polar surface area (TPSA) is 83.8 Å². The zero-order valence-electron chi connectivity index (χ0n) is 21.2. The smallest absolute Gasteiger partial charge is 0.256 e. The van der Waals surface area contributed by atoms with Gasteiger partial charge in [0.2, 0.25) is 0 Å². The fourth-order valence-electron chi connectivity index (χ4n) is 5.13. The molecule has 5 rings (SSSR count). The van der Waals surface area contributed by atoms with Crippen LogP contribution < -0.4 is 19.5 Å². The Kier molecular flexibility index (Phi) is 6.48. The Hall–Kier alpha value is -4.46. The predicted molar refractivity (Wildman–Crippen MR) is 143 cm³/mol. The Morgan fingerprint density at radius 2 is 1.14 bits per heavy atom. The molecule has 3 aromatic carbocycles. The Bertz CT molecular complexity index is 1310. The van der Waals surface area contributed by atoms with Gasteiger partial charge in [-0.3, -0.25) is 9.59 Å². The molecule has 188 valence electrons. The summed E-state index contributed by atoms with van der Waals surface area (Å²) in [5, 5.41) is 12.1. The molecule has 2 aliphatic heterocycles. The molecule has 0 saturated carbocycles. The number of para-hydroxylation sites is 2. The molecule has 0 aromatic heterocycles. The molecular formula is C29H28N4O4. The van der Waals surface area contributed by atoms with Gasteiger partial charge in [-0.25, -0.2) is 10.0 Å². The molecule has 2 amide bonds. The number of amides is 2. The molecule has 2 atom stereocenters. The van der Waals surface area contributed by atoms with Gasteiger partial charge in [0.1, 0.15) is 0 Å². The van der Waals surface area contributed by atoms with Gasteiger partial charge in [0.25, 0.3) is 11.8 Å². The first-order valence-electron chi connectivity index (χ1n) is 12.0. The van der Waals surface area contributed by atoms with Crippen LogP contribution in [0.1, 0.15) is 25.3 Å². The van der Waals surface area contributed by atoms with E-state index in [9.17, 15) is 9.59 Å². The Morgan fingerprint density at radius 1 is 0.676 bits per heavy atom. The third-order valence-electron chi connectivity index (χ3n) is 6.88. The van der Waals surface area contributed by atoms with Crippen molar-refractivity contribution in [2.24, 2.45) is 22.0 Å². The molecule has 0 N–H and O–H groups in total. The molecule has 8 nitrogen and oxygen atoms in total. The van der Waals surface area contributed by atoms with Crippen LogP contribution in [0.5, 0.6) is 11.5 Å². The number of hydrogen-bond acceptors (Lipinski definition) is 6. The Morgan fingerprint density at radius 3 is 1.57 bits per heavy atom. The van der Waals surface area contributed by atoms with Gasteiger partial charge in [0.05, 0.1) is 37.4 Å². The molecule has 0 fully saturated rings. The summed E-state index contributed by atoms with van der Waals surface area (Å²) in [5.74, 6) is -1.21. The summed E-state index contributed by atoms with van der Waals surface area (Å²) in [5.41, 5.74) is 3.38. The minimum atomic E-state index is -0.673. The third-order valence-corrected chi connectivity index (χ3v) is 6.88. The van der Waals surface area contributed by atoms with Gasteiger partial charge in [-0.05, 0) is 55.8 Å². The molecule has 37 heavy (non-hydrogen) atoms. The molecule has 0 saturated heterocycles. The zero-order valence-corrected chi connectivity index (χ0v) is 21.2. The number of methoxy groups -OCH3 is 2. The van der Waals surface area contributed by atoms with Crippen molar-refractivity contribution in [3.8, 4) is 11.5 Å². The van der Waals surface area contributed by atoms with Crippen molar-refractivity contribution in [2.75, 3.05) is 24.2 Å². The number of anilines is 2. The number of rotatable bonds is 7. The van der Waals surface area contributed by atoms with Crippen molar-refractivity contribution in [1.82, 2.24) is 0 Å². The van der Waals surface area contributed by atoms with E-state index >= 15 is 0 Å². The number of carbonyl (C=O) groups is 2. The van der Waals surface area contributed by atoms with E-state index in [0.717, 1.165) is 5.56 Å². The lowest BCUT2D eigenvalue weighted by Crippen LogP contribution is -2.40. The van der Waals surface area contributed by atoms with Crippen LogP contribution in [-0.4, -0.2) is 37.5 Å². The molecule has 0 aliphatic carbocycles. The number of carbonyl (C=O) groups excluding carboxylic acids is 2. The van der Waals surface area contributed by atoms with E-state index in [2.05, 4.69) is 10.2 Å². The highest BCUT2D eigenvalue weighted by atomic mass is 16.5. The number of hydrogen-bond donors (Lipinski definition) is 0. The quantitative estimate of drug-likeness (QED) is 0.467. The lowest BCUT2D eigenvalue weighted by atomic mass is 9.73. The lowest BCUT2D eigenvalue weighted by Gasteiger charge is -2.29. The van der Waals surface area contributed by atoms with Crippen LogP contribution in [0.25, 0.3) is 0 Å². The first-order valence-corrected chi connectivity index (χ1v) is 12.0. The Balaban J connectivity index is 1.61. The highest BCUT2D eigenvalue weighted by Gasteiger charge is 2.50. The predicted octanol–water partition coefficient (Wildman–Crippen LogP) is 4.87. The van der Waals surface area contributed by atoms with Crippen LogP contribution in [-0.2, 0) is 9.59 Å². The van der Waals surface area contributed by atoms with E-state index in [4.69, 9.17) is 9.47 Å². The summed E-state index contributed by atoms with van der Waals surface area (Å²) in [6.07, 6.45) is 0. The maximum absolute atomic E-state index is 13.9. The maximum atomic E-state index is 13.9. The molecule has 8 heteroatoms. The van der Waals surface area contributed by atoms with E-state index < -0.39 is 17.8 Å². The zero-order chi connectivity index (χ0) is 26.1.